The van der Waals surface area contributed by atoms with Crippen molar-refractivity contribution in [1.29, 1.82) is 0 Å². The Hall–Kier alpha value is -10.5. The van der Waals surface area contributed by atoms with Gasteiger partial charge in [0.25, 0.3) is 0 Å². The second-order valence-corrected chi connectivity index (χ2v) is 22.0. The van der Waals surface area contributed by atoms with Crippen LogP contribution in [0.5, 0.6) is 34.5 Å². The Morgan fingerprint density at radius 1 is 0.537 bits per heavy atom. The number of imidazole rings is 3. The highest BCUT2D eigenvalue weighted by molar-refractivity contribution is 6.34. The van der Waals surface area contributed by atoms with Gasteiger partial charge in [0.15, 0.2) is 51.3 Å². The van der Waals surface area contributed by atoms with E-state index < -0.39 is 18.9 Å². The first kappa shape index (κ1) is 63.2. The monoisotopic (exact) mass is 1370 g/mol. The molecule has 0 aliphatic carbocycles. The van der Waals surface area contributed by atoms with E-state index in [2.05, 4.69) is 84.6 Å². The second-order valence-electron chi connectivity index (χ2n) is 21.0. The van der Waals surface area contributed by atoms with E-state index >= 15 is 0 Å². The van der Waals surface area contributed by atoms with Gasteiger partial charge >= 0.3 is 18.9 Å². The summed E-state index contributed by atoms with van der Waals surface area (Å²) in [7, 11) is 0. The minimum Gasteiger partial charge on any atom is -0.395 e. The van der Waals surface area contributed by atoms with Gasteiger partial charge in [-0.15, -0.1) is 41.6 Å². The van der Waals surface area contributed by atoms with Gasteiger partial charge in [0.1, 0.15) is 53.0 Å². The number of halogens is 9. The van der Waals surface area contributed by atoms with Crippen molar-refractivity contribution in [3.05, 3.63) is 163 Å². The van der Waals surface area contributed by atoms with Crippen LogP contribution in [0.1, 0.15) is 25.7 Å². The summed E-state index contributed by atoms with van der Waals surface area (Å²) in [6.45, 7) is 2.21. The van der Waals surface area contributed by atoms with E-state index in [1.807, 2.05) is 47.5 Å². The normalized spacial score (nSPS) is 17.1. The van der Waals surface area contributed by atoms with Gasteiger partial charge in [-0.05, 0) is 128 Å². The molecule has 0 saturated carbocycles. The van der Waals surface area contributed by atoms with Gasteiger partial charge in [-0.2, -0.15) is 9.97 Å². The highest BCUT2D eigenvalue weighted by atomic mass is 35.5. The standard InChI is InChI=1S/C21H19F2N7O3.C16H9ClF2N6O2.C10H7F2N3O2.C6H3Cl2N3.C5H11NO/c22-21(23)32-16-6-5-13(9-17(16)33-21)28-10-18(24-12-28)25-19-15-4-2-8-30(15)27-20(26-19)29-7-1-3-14(29)11-31;17-15-22-14(10-2-1-5-25(10)23-15)21-13-7-24(8-20-13)9-3-4-11-12(6-9)27-16(18,19)26-11;11-10(12)16-7-2-1-6(3-8(7)17-10)15-4-9(13)14-5-15;7-5-4-2-1-3-11(4)10-6(8)9-5;7-4-5-2-1-3-6-5/h2,4-6,8-10,12,14,31H,1,3,7,11H2,(H,25,26,27);1-8H,(H,21,22,23);1-5H,13H2;1-3H;5-7H,1-4H2/t14-;;;;5-/m0...0/s1. The number of benzene rings is 3. The fraction of sp³-hybridized carbons (Fsp3) is 0.224. The number of nitrogens with one attached hydrogen (secondary N) is 3. The van der Waals surface area contributed by atoms with Gasteiger partial charge in [-0.1, -0.05) is 11.6 Å². The second kappa shape index (κ2) is 26.1. The van der Waals surface area contributed by atoms with Crippen LogP contribution in [0.15, 0.2) is 147 Å². The molecular weight excluding hydrogens is 1330 g/mol. The van der Waals surface area contributed by atoms with Gasteiger partial charge in [-0.25, -0.2) is 33.5 Å². The Morgan fingerprint density at radius 2 is 1.00 bits per heavy atom. The van der Waals surface area contributed by atoms with E-state index in [0.29, 0.717) is 69.9 Å². The number of fused-ring (bicyclic) bond motifs is 6. The summed E-state index contributed by atoms with van der Waals surface area (Å²) in [6, 6.07) is 24.8. The number of aromatic nitrogens is 15. The third-order valence-corrected chi connectivity index (χ3v) is 15.2. The van der Waals surface area contributed by atoms with Crippen molar-refractivity contribution in [2.45, 2.75) is 56.7 Å². The lowest BCUT2D eigenvalue weighted by molar-refractivity contribution is -0.287. The smallest absolute Gasteiger partial charge is 0.395 e. The van der Waals surface area contributed by atoms with E-state index in [-0.39, 0.29) is 57.7 Å². The van der Waals surface area contributed by atoms with Crippen molar-refractivity contribution < 1.29 is 65.0 Å². The summed E-state index contributed by atoms with van der Waals surface area (Å²) in [4.78, 5) is 27.1. The molecule has 2 atom stereocenters. The number of hydrogen-bond acceptors (Lipinski definition) is 22. The largest absolute Gasteiger partial charge is 0.586 e. The molecule has 0 unspecified atom stereocenters. The Labute approximate surface area is 545 Å². The average molecular weight is 1370 g/mol. The van der Waals surface area contributed by atoms with Crippen LogP contribution in [0.25, 0.3) is 33.6 Å². The molecule has 7 N–H and O–H groups in total. The van der Waals surface area contributed by atoms with Crippen LogP contribution in [0, 0.1) is 0 Å². The van der Waals surface area contributed by atoms with E-state index in [9.17, 15) is 31.4 Å². The number of nitrogens with two attached hydrogens (primary N) is 1. The molecule has 2 saturated heterocycles. The average Bonchev–Trinajstić information content (AvgIpc) is 1.69. The molecule has 2 fully saturated rings. The van der Waals surface area contributed by atoms with Crippen LogP contribution >= 0.6 is 34.8 Å². The number of nitrogens with zero attached hydrogens (tertiary/aromatic N) is 16. The zero-order valence-electron chi connectivity index (χ0n) is 48.6. The number of alkyl halides is 6. The number of aliphatic hydroxyl groups is 2. The SMILES string of the molecule is Clc1nc(Cl)c2cccn2n1.FC1(F)Oc2ccc(-n3cnc(Nc4nc(Cl)nn5cccc45)c3)cc2O1.Nc1cn(-c2ccc3c(c2)OC(F)(F)O3)cn1.OC[C@@H]1CCCN1.OC[C@@H]1CCCN1c1nc(Nc2cn(-c3ccc4c(c3)OC(F)(F)O4)cn2)c2cccn2n1. The lowest BCUT2D eigenvalue weighted by atomic mass is 10.2. The Kier molecular flexibility index (Phi) is 17.4. The fourth-order valence-corrected chi connectivity index (χ4v) is 10.9. The van der Waals surface area contributed by atoms with Crippen LogP contribution < -0.4 is 55.0 Å². The molecule has 14 heterocycles. The molecule has 5 aliphatic heterocycles. The van der Waals surface area contributed by atoms with Gasteiger partial charge < -0.3 is 78.9 Å². The number of nitrogen functional groups attached to an aromatic ring is 1. The van der Waals surface area contributed by atoms with E-state index in [1.54, 1.807) is 82.8 Å². The molecule has 0 spiro atoms. The number of aliphatic hydroxyl groups excluding tert-OH is 2. The lowest BCUT2D eigenvalue weighted by Crippen LogP contribution is -2.34. The first-order valence-electron chi connectivity index (χ1n) is 28.6. The molecule has 28 nitrogen and oxygen atoms in total. The molecule has 37 heteroatoms. The van der Waals surface area contributed by atoms with Crippen LogP contribution in [0.4, 0.5) is 61.4 Å². The Bertz CT molecular complexity index is 4740. The summed E-state index contributed by atoms with van der Waals surface area (Å²) in [5, 5.41) is 40.7. The van der Waals surface area contributed by atoms with E-state index in [0.717, 1.165) is 48.9 Å². The number of anilines is 6. The molecule has 3 aromatic carbocycles. The van der Waals surface area contributed by atoms with Crippen LogP contribution in [-0.4, -0.2) is 140 Å². The maximum absolute atomic E-state index is 13.3. The van der Waals surface area contributed by atoms with Crippen molar-refractivity contribution in [1.82, 2.24) is 77.8 Å². The minimum atomic E-state index is -3.67. The van der Waals surface area contributed by atoms with Crippen LogP contribution in [-0.2, 0) is 0 Å². The van der Waals surface area contributed by atoms with Gasteiger partial charge in [-0.3, -0.25) is 0 Å². The van der Waals surface area contributed by atoms with Crippen molar-refractivity contribution in [3.63, 3.8) is 0 Å². The predicted molar refractivity (Wildman–Crippen MR) is 330 cm³/mol. The lowest BCUT2D eigenvalue weighted by Gasteiger charge is -2.23. The van der Waals surface area contributed by atoms with Gasteiger partial charge in [0.05, 0.1) is 54.9 Å². The zero-order chi connectivity index (χ0) is 66.2. The van der Waals surface area contributed by atoms with Crippen molar-refractivity contribution in [2.24, 2.45) is 0 Å². The molecule has 0 bridgehead atoms. The molecule has 0 amide bonds. The van der Waals surface area contributed by atoms with E-state index in [4.69, 9.17) is 50.6 Å². The topological polar surface area (TPSA) is 305 Å². The quantitative estimate of drug-likeness (QED) is 0.0694. The molecule has 12 aromatic rings. The van der Waals surface area contributed by atoms with Crippen LogP contribution in [0.3, 0.4) is 0 Å². The maximum atomic E-state index is 13.3. The number of ether oxygens (including phenoxy) is 6. The summed E-state index contributed by atoms with van der Waals surface area (Å²) < 4.78 is 115. The summed E-state index contributed by atoms with van der Waals surface area (Å²) in [5.41, 5.74) is 9.47. The molecule has 492 valence electrons. The molecule has 9 aromatic heterocycles. The fourth-order valence-electron chi connectivity index (χ4n) is 10.3. The molecule has 17 rings (SSSR count). The van der Waals surface area contributed by atoms with Crippen molar-refractivity contribution >= 4 is 86.4 Å². The number of hydrogen-bond donors (Lipinski definition) is 6. The van der Waals surface area contributed by atoms with Gasteiger partial charge in [0, 0.05) is 49.4 Å². The first-order chi connectivity index (χ1) is 45.7. The minimum absolute atomic E-state index is 0.00633. The first-order valence-corrected chi connectivity index (χ1v) is 29.7. The molecule has 95 heavy (non-hydrogen) atoms. The Morgan fingerprint density at radius 3 is 1.47 bits per heavy atom. The van der Waals surface area contributed by atoms with Crippen molar-refractivity contribution in [2.75, 3.05) is 47.6 Å². The molecular formula is C58H49Cl3F6N20O8. The highest BCUT2D eigenvalue weighted by Gasteiger charge is 2.45. The number of rotatable bonds is 10. The van der Waals surface area contributed by atoms with E-state index in [1.165, 1.54) is 55.5 Å². The maximum Gasteiger partial charge on any atom is 0.586 e. The molecule has 5 aliphatic rings. The zero-order valence-corrected chi connectivity index (χ0v) is 50.9. The molecule has 0 radical (unpaired) electrons. The third-order valence-electron chi connectivity index (χ3n) is 14.6. The third kappa shape index (κ3) is 14.4. The van der Waals surface area contributed by atoms with Crippen molar-refractivity contribution in [3.8, 4) is 51.6 Å². The summed E-state index contributed by atoms with van der Waals surface area (Å²) in [5.74, 6) is 2.76. The summed E-state index contributed by atoms with van der Waals surface area (Å²) in [6.07, 6.45) is 8.14. The predicted octanol–water partition coefficient (Wildman–Crippen LogP) is 10.1. The Balaban J connectivity index is 0.000000117. The highest BCUT2D eigenvalue weighted by Crippen LogP contribution is 2.44. The summed E-state index contributed by atoms with van der Waals surface area (Å²) >= 11 is 17.2. The van der Waals surface area contributed by atoms with Crippen LogP contribution in [0.2, 0.25) is 15.7 Å². The van der Waals surface area contributed by atoms with Gasteiger partial charge in [0.2, 0.25) is 16.5 Å².